The number of aryl methyl sites for hydroxylation is 2. The van der Waals surface area contributed by atoms with Crippen LogP contribution in [-0.2, 0) is 4.74 Å². The molecule has 0 aromatic heterocycles. The van der Waals surface area contributed by atoms with Gasteiger partial charge in [-0.05, 0) is 63.3 Å². The van der Waals surface area contributed by atoms with Gasteiger partial charge >= 0.3 is 0 Å². The second-order valence-electron chi connectivity index (χ2n) is 5.79. The predicted octanol–water partition coefficient (Wildman–Crippen LogP) is 3.88. The van der Waals surface area contributed by atoms with E-state index in [9.17, 15) is 0 Å². The first-order valence-corrected chi connectivity index (χ1v) is 8.26. The molecular formula is C17H26ClNO2. The van der Waals surface area contributed by atoms with Crippen LogP contribution in [0.1, 0.15) is 36.8 Å². The summed E-state index contributed by atoms with van der Waals surface area (Å²) in [4.78, 5) is 0. The van der Waals surface area contributed by atoms with E-state index in [1.807, 2.05) is 19.9 Å². The van der Waals surface area contributed by atoms with Crippen LogP contribution in [0.2, 0.25) is 5.02 Å². The van der Waals surface area contributed by atoms with E-state index >= 15 is 0 Å². The van der Waals surface area contributed by atoms with Crippen molar-refractivity contribution in [1.82, 2.24) is 5.32 Å². The first-order chi connectivity index (χ1) is 10.2. The third-order valence-corrected chi connectivity index (χ3v) is 4.04. The van der Waals surface area contributed by atoms with E-state index in [1.54, 1.807) is 0 Å². The molecule has 0 bridgehead atoms. The number of hydrogen-bond donors (Lipinski definition) is 1. The van der Waals surface area contributed by atoms with Crippen molar-refractivity contribution in [3.63, 3.8) is 0 Å². The van der Waals surface area contributed by atoms with E-state index in [0.717, 1.165) is 43.9 Å². The van der Waals surface area contributed by atoms with Crippen molar-refractivity contribution in [3.8, 4) is 5.75 Å². The lowest BCUT2D eigenvalue weighted by atomic mass is 10.1. The summed E-state index contributed by atoms with van der Waals surface area (Å²) in [6.45, 7) is 7.72. The topological polar surface area (TPSA) is 30.5 Å². The largest absolute Gasteiger partial charge is 0.492 e. The highest BCUT2D eigenvalue weighted by Crippen LogP contribution is 2.29. The minimum atomic E-state index is 0.426. The number of nitrogens with one attached hydrogen (secondary N) is 1. The van der Waals surface area contributed by atoms with Gasteiger partial charge in [0, 0.05) is 13.2 Å². The van der Waals surface area contributed by atoms with Gasteiger partial charge in [-0.15, -0.1) is 0 Å². The number of halogens is 1. The van der Waals surface area contributed by atoms with E-state index in [1.165, 1.54) is 18.4 Å². The molecule has 2 rings (SSSR count). The molecule has 1 unspecified atom stereocenters. The highest BCUT2D eigenvalue weighted by Gasteiger charge is 2.14. The summed E-state index contributed by atoms with van der Waals surface area (Å²) < 4.78 is 11.4. The molecule has 1 aromatic carbocycles. The van der Waals surface area contributed by atoms with Crippen molar-refractivity contribution in [2.24, 2.45) is 0 Å². The van der Waals surface area contributed by atoms with Gasteiger partial charge in [-0.25, -0.2) is 0 Å². The fraction of sp³-hybridized carbons (Fsp3) is 0.647. The maximum Gasteiger partial charge on any atom is 0.140 e. The molecule has 1 aliphatic rings. The SMILES string of the molecule is Cc1cc(C)c(OCCCCNCC2CCCO2)c(Cl)c1. The lowest BCUT2D eigenvalue weighted by Crippen LogP contribution is -2.27. The van der Waals surface area contributed by atoms with Crippen molar-refractivity contribution in [2.45, 2.75) is 45.6 Å². The second-order valence-corrected chi connectivity index (χ2v) is 6.19. The van der Waals surface area contributed by atoms with Gasteiger partial charge in [0.25, 0.3) is 0 Å². The average molecular weight is 312 g/mol. The Labute approximate surface area is 133 Å². The zero-order valence-corrected chi connectivity index (χ0v) is 13.8. The molecule has 1 aromatic rings. The molecule has 1 atom stereocenters. The highest BCUT2D eigenvalue weighted by atomic mass is 35.5. The Morgan fingerprint density at radius 3 is 2.90 bits per heavy atom. The molecule has 1 aliphatic heterocycles. The van der Waals surface area contributed by atoms with Gasteiger partial charge in [-0.1, -0.05) is 17.7 Å². The maximum absolute atomic E-state index is 6.22. The molecule has 0 saturated carbocycles. The van der Waals surface area contributed by atoms with Crippen LogP contribution in [0.25, 0.3) is 0 Å². The minimum absolute atomic E-state index is 0.426. The average Bonchev–Trinajstić information content (AvgIpc) is 2.93. The number of benzene rings is 1. The lowest BCUT2D eigenvalue weighted by molar-refractivity contribution is 0.110. The third kappa shape index (κ3) is 5.50. The summed E-state index contributed by atoms with van der Waals surface area (Å²) >= 11 is 6.22. The van der Waals surface area contributed by atoms with E-state index in [2.05, 4.69) is 11.4 Å². The maximum atomic E-state index is 6.22. The van der Waals surface area contributed by atoms with Gasteiger partial charge in [0.2, 0.25) is 0 Å². The van der Waals surface area contributed by atoms with Crippen LogP contribution in [0, 0.1) is 13.8 Å². The van der Waals surface area contributed by atoms with E-state index < -0.39 is 0 Å². The van der Waals surface area contributed by atoms with Gasteiger partial charge in [0.05, 0.1) is 17.7 Å². The predicted molar refractivity (Wildman–Crippen MR) is 87.5 cm³/mol. The Balaban J connectivity index is 1.57. The standard InChI is InChI=1S/C17H26ClNO2/c1-13-10-14(2)17(16(18)11-13)21-8-4-3-7-19-12-15-6-5-9-20-15/h10-11,15,19H,3-9,12H2,1-2H3. The zero-order valence-electron chi connectivity index (χ0n) is 13.1. The fourth-order valence-electron chi connectivity index (χ4n) is 2.68. The number of rotatable bonds is 8. The zero-order chi connectivity index (χ0) is 15.1. The molecule has 1 heterocycles. The van der Waals surface area contributed by atoms with E-state index in [0.29, 0.717) is 17.7 Å². The van der Waals surface area contributed by atoms with Crippen molar-refractivity contribution < 1.29 is 9.47 Å². The van der Waals surface area contributed by atoms with Crippen molar-refractivity contribution in [1.29, 1.82) is 0 Å². The van der Waals surface area contributed by atoms with Crippen LogP contribution in [0.5, 0.6) is 5.75 Å². The normalized spacial score (nSPS) is 18.1. The molecule has 4 heteroatoms. The molecular weight excluding hydrogens is 286 g/mol. The van der Waals surface area contributed by atoms with Crippen LogP contribution in [0.15, 0.2) is 12.1 Å². The lowest BCUT2D eigenvalue weighted by Gasteiger charge is -2.13. The molecule has 118 valence electrons. The summed E-state index contributed by atoms with van der Waals surface area (Å²) in [6, 6.07) is 4.05. The van der Waals surface area contributed by atoms with E-state index in [-0.39, 0.29) is 0 Å². The van der Waals surface area contributed by atoms with Gasteiger partial charge in [-0.2, -0.15) is 0 Å². The molecule has 0 amide bonds. The summed E-state index contributed by atoms with van der Waals surface area (Å²) in [5, 5.41) is 4.16. The Kier molecular flexibility index (Phi) is 6.81. The Bertz CT molecular complexity index is 421. The number of hydrogen-bond acceptors (Lipinski definition) is 3. The van der Waals surface area contributed by atoms with Crippen LogP contribution in [0.3, 0.4) is 0 Å². The second kappa shape index (κ2) is 8.62. The molecule has 1 saturated heterocycles. The van der Waals surface area contributed by atoms with Crippen LogP contribution in [-0.4, -0.2) is 32.4 Å². The molecule has 1 N–H and O–H groups in total. The van der Waals surface area contributed by atoms with Gasteiger partial charge in [-0.3, -0.25) is 0 Å². The Hall–Kier alpha value is -0.770. The molecule has 0 radical (unpaired) electrons. The van der Waals surface area contributed by atoms with Crippen LogP contribution < -0.4 is 10.1 Å². The van der Waals surface area contributed by atoms with Crippen LogP contribution >= 0.6 is 11.6 Å². The van der Waals surface area contributed by atoms with Gasteiger partial charge in [0.1, 0.15) is 5.75 Å². The minimum Gasteiger partial charge on any atom is -0.492 e. The summed E-state index contributed by atoms with van der Waals surface area (Å²) in [5.41, 5.74) is 2.28. The summed E-state index contributed by atoms with van der Waals surface area (Å²) in [7, 11) is 0. The number of ether oxygens (including phenoxy) is 2. The quantitative estimate of drug-likeness (QED) is 0.739. The monoisotopic (exact) mass is 311 g/mol. The first kappa shape index (κ1) is 16.6. The highest BCUT2D eigenvalue weighted by molar-refractivity contribution is 6.32. The third-order valence-electron chi connectivity index (χ3n) is 3.76. The van der Waals surface area contributed by atoms with Gasteiger partial charge in [0.15, 0.2) is 0 Å². The summed E-state index contributed by atoms with van der Waals surface area (Å²) in [6.07, 6.45) is 4.96. The molecule has 1 fully saturated rings. The Morgan fingerprint density at radius 2 is 2.19 bits per heavy atom. The smallest absolute Gasteiger partial charge is 0.140 e. The van der Waals surface area contributed by atoms with E-state index in [4.69, 9.17) is 21.1 Å². The molecule has 3 nitrogen and oxygen atoms in total. The molecule has 0 aliphatic carbocycles. The first-order valence-electron chi connectivity index (χ1n) is 7.88. The Morgan fingerprint density at radius 1 is 1.33 bits per heavy atom. The molecule has 0 spiro atoms. The fourth-order valence-corrected chi connectivity index (χ4v) is 3.06. The van der Waals surface area contributed by atoms with Crippen LogP contribution in [0.4, 0.5) is 0 Å². The molecule has 21 heavy (non-hydrogen) atoms. The number of unbranched alkanes of at least 4 members (excludes halogenated alkanes) is 1. The van der Waals surface area contributed by atoms with Crippen molar-refractivity contribution in [2.75, 3.05) is 26.3 Å². The van der Waals surface area contributed by atoms with Gasteiger partial charge < -0.3 is 14.8 Å². The summed E-state index contributed by atoms with van der Waals surface area (Å²) in [5.74, 6) is 0.828. The van der Waals surface area contributed by atoms with Crippen molar-refractivity contribution >= 4 is 11.6 Å². The van der Waals surface area contributed by atoms with Crippen molar-refractivity contribution in [3.05, 3.63) is 28.3 Å².